The van der Waals surface area contributed by atoms with Gasteiger partial charge < -0.3 is 4.42 Å². The summed E-state index contributed by atoms with van der Waals surface area (Å²) in [6, 6.07) is 12.4. The Labute approximate surface area is 150 Å². The molecule has 0 spiro atoms. The molecule has 24 heavy (non-hydrogen) atoms. The number of nitrogens with one attached hydrogen (secondary N) is 1. The van der Waals surface area contributed by atoms with Gasteiger partial charge in [0.25, 0.3) is 0 Å². The lowest BCUT2D eigenvalue weighted by molar-refractivity contribution is 0.483. The molecule has 4 nitrogen and oxygen atoms in total. The predicted octanol–water partition coefficient (Wildman–Crippen LogP) is 4.41. The zero-order valence-corrected chi connectivity index (χ0v) is 15.3. The molecule has 0 saturated heterocycles. The number of hydrogen-bond donors (Lipinski definition) is 1. The number of halogens is 1. The summed E-state index contributed by atoms with van der Waals surface area (Å²) >= 11 is 7.60. The zero-order chi connectivity index (χ0) is 17.2. The number of rotatable bonds is 6. The van der Waals surface area contributed by atoms with Crippen LogP contribution < -0.4 is 4.72 Å². The molecule has 0 radical (unpaired) electrons. The highest BCUT2D eigenvalue weighted by Crippen LogP contribution is 2.29. The van der Waals surface area contributed by atoms with Crippen LogP contribution in [0.5, 0.6) is 0 Å². The first-order valence-corrected chi connectivity index (χ1v) is 10.0. The van der Waals surface area contributed by atoms with Gasteiger partial charge in [0, 0.05) is 16.4 Å². The van der Waals surface area contributed by atoms with Gasteiger partial charge in [0.15, 0.2) is 0 Å². The first-order chi connectivity index (χ1) is 11.5. The van der Waals surface area contributed by atoms with Crippen LogP contribution in [0.3, 0.4) is 0 Å². The molecule has 0 amide bonds. The van der Waals surface area contributed by atoms with Crippen molar-refractivity contribution in [1.29, 1.82) is 0 Å². The molecule has 0 aliphatic heterocycles. The molecule has 3 rings (SSSR count). The minimum Gasteiger partial charge on any atom is -0.469 e. The fraction of sp³-hybridized carbons (Fsp3) is 0.176. The minimum absolute atomic E-state index is 0.172. The Kier molecular flexibility index (Phi) is 5.10. The van der Waals surface area contributed by atoms with Crippen LogP contribution >= 0.6 is 22.9 Å². The Hall–Kier alpha value is -1.60. The third kappa shape index (κ3) is 3.57. The summed E-state index contributed by atoms with van der Waals surface area (Å²) in [5.74, 6) is 0.553. The smallest absolute Gasteiger partial charge is 0.240 e. The lowest BCUT2D eigenvalue weighted by atomic mass is 10.1. The van der Waals surface area contributed by atoms with Crippen molar-refractivity contribution >= 4 is 33.0 Å². The van der Waals surface area contributed by atoms with Crippen molar-refractivity contribution in [3.05, 3.63) is 75.3 Å². The Bertz CT molecular complexity index is 869. The Morgan fingerprint density at radius 1 is 1.21 bits per heavy atom. The van der Waals surface area contributed by atoms with Crippen LogP contribution in [0.25, 0.3) is 0 Å². The molecule has 0 fully saturated rings. The van der Waals surface area contributed by atoms with Crippen LogP contribution in [-0.4, -0.2) is 15.0 Å². The third-order valence-electron chi connectivity index (χ3n) is 3.76. The fourth-order valence-electron chi connectivity index (χ4n) is 2.47. The fourth-order valence-corrected chi connectivity index (χ4v) is 4.85. The van der Waals surface area contributed by atoms with E-state index < -0.39 is 10.0 Å². The first kappa shape index (κ1) is 17.2. The van der Waals surface area contributed by atoms with Gasteiger partial charge in [-0.2, -0.15) is 0 Å². The van der Waals surface area contributed by atoms with Gasteiger partial charge in [0.2, 0.25) is 10.0 Å². The van der Waals surface area contributed by atoms with Crippen LogP contribution in [0.1, 0.15) is 22.1 Å². The van der Waals surface area contributed by atoms with E-state index in [9.17, 15) is 8.42 Å². The van der Waals surface area contributed by atoms with Crippen LogP contribution in [-0.2, 0) is 10.0 Å². The largest absolute Gasteiger partial charge is 0.469 e. The predicted molar refractivity (Wildman–Crippen MR) is 96.2 cm³/mol. The number of hydrogen-bond acceptors (Lipinski definition) is 4. The van der Waals surface area contributed by atoms with Gasteiger partial charge in [0.1, 0.15) is 5.76 Å². The minimum atomic E-state index is -3.66. The first-order valence-electron chi connectivity index (χ1n) is 7.30. The summed E-state index contributed by atoms with van der Waals surface area (Å²) in [6.45, 7) is 1.91. The van der Waals surface area contributed by atoms with Gasteiger partial charge in [-0.1, -0.05) is 23.7 Å². The van der Waals surface area contributed by atoms with Crippen molar-refractivity contribution in [2.75, 3.05) is 6.54 Å². The second-order valence-corrected chi connectivity index (χ2v) is 8.42. The van der Waals surface area contributed by atoms with Gasteiger partial charge in [-0.05, 0) is 48.2 Å². The van der Waals surface area contributed by atoms with E-state index in [1.807, 2.05) is 23.6 Å². The summed E-state index contributed by atoms with van der Waals surface area (Å²) in [7, 11) is -3.66. The maximum absolute atomic E-state index is 12.7. The second-order valence-electron chi connectivity index (χ2n) is 5.30. The van der Waals surface area contributed by atoms with Crippen molar-refractivity contribution in [1.82, 2.24) is 4.72 Å². The summed E-state index contributed by atoms with van der Waals surface area (Å²) in [4.78, 5) is 1.23. The molecule has 0 saturated carbocycles. The maximum atomic E-state index is 12.7. The highest BCUT2D eigenvalue weighted by molar-refractivity contribution is 7.89. The molecule has 3 aromatic rings. The van der Waals surface area contributed by atoms with E-state index in [1.54, 1.807) is 48.8 Å². The molecular formula is C17H16ClNO3S2. The molecule has 0 aliphatic rings. The van der Waals surface area contributed by atoms with Gasteiger partial charge in [-0.3, -0.25) is 0 Å². The number of benzene rings is 1. The van der Waals surface area contributed by atoms with Crippen molar-refractivity contribution in [2.24, 2.45) is 0 Å². The quantitative estimate of drug-likeness (QED) is 0.687. The van der Waals surface area contributed by atoms with E-state index in [0.717, 1.165) is 10.6 Å². The van der Waals surface area contributed by atoms with Crippen molar-refractivity contribution in [3.63, 3.8) is 0 Å². The van der Waals surface area contributed by atoms with E-state index in [4.69, 9.17) is 16.0 Å². The van der Waals surface area contributed by atoms with Gasteiger partial charge >= 0.3 is 0 Å². The monoisotopic (exact) mass is 381 g/mol. The Morgan fingerprint density at radius 2 is 2.04 bits per heavy atom. The van der Waals surface area contributed by atoms with Crippen molar-refractivity contribution in [2.45, 2.75) is 17.7 Å². The van der Waals surface area contributed by atoms with Gasteiger partial charge in [-0.15, -0.1) is 11.3 Å². The molecular weight excluding hydrogens is 366 g/mol. The van der Waals surface area contributed by atoms with Crippen LogP contribution in [0.2, 0.25) is 5.02 Å². The molecule has 0 unspecified atom stereocenters. The summed E-state index contributed by atoms with van der Waals surface area (Å²) in [6.07, 6.45) is 1.59. The molecule has 0 bridgehead atoms. The number of sulfonamides is 1. The molecule has 2 heterocycles. The second kappa shape index (κ2) is 7.11. The molecule has 7 heteroatoms. The topological polar surface area (TPSA) is 59.3 Å². The number of thiophene rings is 1. The van der Waals surface area contributed by atoms with E-state index in [1.165, 1.54) is 0 Å². The number of furan rings is 1. The standard InChI is InChI=1S/C17H16ClNO3S2/c1-12-14(18)5-2-8-17(12)24(20,21)19-11-13(15-6-3-9-22-15)16-7-4-10-23-16/h2-10,13,19H,11H2,1H3/t13-/m0/s1. The molecule has 1 aromatic carbocycles. The SMILES string of the molecule is Cc1c(Cl)cccc1S(=O)(=O)NC[C@@H](c1ccco1)c1cccs1. The summed E-state index contributed by atoms with van der Waals surface area (Å²) in [5, 5.41) is 2.39. The van der Waals surface area contributed by atoms with E-state index >= 15 is 0 Å². The van der Waals surface area contributed by atoms with Gasteiger partial charge in [-0.25, -0.2) is 13.1 Å². The lowest BCUT2D eigenvalue weighted by Crippen LogP contribution is -2.29. The lowest BCUT2D eigenvalue weighted by Gasteiger charge is -2.15. The highest BCUT2D eigenvalue weighted by atomic mass is 35.5. The summed E-state index contributed by atoms with van der Waals surface area (Å²) < 4.78 is 33.5. The Morgan fingerprint density at radius 3 is 2.71 bits per heavy atom. The highest BCUT2D eigenvalue weighted by Gasteiger charge is 2.23. The van der Waals surface area contributed by atoms with Crippen molar-refractivity contribution in [3.8, 4) is 0 Å². The molecule has 126 valence electrons. The average molecular weight is 382 g/mol. The Balaban J connectivity index is 1.86. The van der Waals surface area contributed by atoms with E-state index in [2.05, 4.69) is 4.72 Å². The zero-order valence-electron chi connectivity index (χ0n) is 12.9. The molecule has 1 atom stereocenters. The average Bonchev–Trinajstić information content (AvgIpc) is 3.24. The van der Waals surface area contributed by atoms with Gasteiger partial charge in [0.05, 0.1) is 17.1 Å². The normalized spacial score (nSPS) is 13.1. The molecule has 1 N–H and O–H groups in total. The molecule has 2 aromatic heterocycles. The van der Waals surface area contributed by atoms with E-state index in [0.29, 0.717) is 10.6 Å². The maximum Gasteiger partial charge on any atom is 0.240 e. The summed E-state index contributed by atoms with van der Waals surface area (Å²) in [5.41, 5.74) is 0.539. The van der Waals surface area contributed by atoms with Crippen molar-refractivity contribution < 1.29 is 12.8 Å². The van der Waals surface area contributed by atoms with E-state index in [-0.39, 0.29) is 17.4 Å². The van der Waals surface area contributed by atoms with Crippen LogP contribution in [0.4, 0.5) is 0 Å². The molecule has 0 aliphatic carbocycles. The van der Waals surface area contributed by atoms with Crippen LogP contribution in [0, 0.1) is 6.92 Å². The third-order valence-corrected chi connectivity index (χ3v) is 6.72. The van der Waals surface area contributed by atoms with Crippen LogP contribution in [0.15, 0.2) is 63.4 Å².